The Morgan fingerprint density at radius 3 is 2.31 bits per heavy atom. The number of aliphatic hydroxyl groups is 4. The molecule has 13 atom stereocenters. The largest absolute Gasteiger partial charge is 0.390 e. The number of nitrogens with one attached hydrogen (secondary N) is 1. The SMILES string of the molecule is CC[C@@H](C(C)C)[C@H](O)[C@@H](O)[C@@H](C)[C@H]1CCC2C3CC(=O)NC4C[C@H](O)[C@H](O)C[C@]4(C)C3CC[C@@]21CC. The summed E-state index contributed by atoms with van der Waals surface area (Å²) in [5.41, 5.74) is -0.148. The third kappa shape index (κ3) is 4.46. The molecule has 4 rings (SSSR count). The number of hydrogen-bond donors (Lipinski definition) is 5. The van der Waals surface area contributed by atoms with Gasteiger partial charge in [-0.05, 0) is 97.2 Å². The van der Waals surface area contributed by atoms with Crippen LogP contribution in [-0.2, 0) is 4.79 Å². The van der Waals surface area contributed by atoms with Crippen molar-refractivity contribution in [2.75, 3.05) is 0 Å². The van der Waals surface area contributed by atoms with Crippen LogP contribution in [0.5, 0.6) is 0 Å². The molecule has 208 valence electrons. The lowest BCUT2D eigenvalue weighted by atomic mass is 9.48. The highest BCUT2D eigenvalue weighted by molar-refractivity contribution is 5.77. The van der Waals surface area contributed by atoms with E-state index in [1.165, 1.54) is 0 Å². The summed E-state index contributed by atoms with van der Waals surface area (Å²) >= 11 is 0. The van der Waals surface area contributed by atoms with E-state index in [9.17, 15) is 25.2 Å². The average Bonchev–Trinajstić information content (AvgIpc) is 3.17. The minimum absolute atomic E-state index is 0.00360. The molecule has 4 aliphatic rings. The quantitative estimate of drug-likeness (QED) is 0.359. The molecule has 0 aromatic rings. The van der Waals surface area contributed by atoms with Crippen molar-refractivity contribution in [2.45, 2.75) is 130 Å². The van der Waals surface area contributed by atoms with E-state index in [1.54, 1.807) is 0 Å². The van der Waals surface area contributed by atoms with Crippen molar-refractivity contribution in [1.82, 2.24) is 5.32 Å². The van der Waals surface area contributed by atoms with Gasteiger partial charge in [-0.3, -0.25) is 4.79 Å². The van der Waals surface area contributed by atoms with Crippen molar-refractivity contribution in [2.24, 2.45) is 52.3 Å². The molecule has 3 saturated carbocycles. The number of rotatable bonds is 7. The molecule has 0 spiro atoms. The number of aliphatic hydroxyl groups excluding tert-OH is 4. The Hall–Kier alpha value is -0.690. The third-order valence-corrected chi connectivity index (χ3v) is 12.1. The topological polar surface area (TPSA) is 110 Å². The third-order valence-electron chi connectivity index (χ3n) is 12.1. The summed E-state index contributed by atoms with van der Waals surface area (Å²) in [4.78, 5) is 13.2. The predicted octanol–water partition coefficient (Wildman–Crippen LogP) is 3.89. The van der Waals surface area contributed by atoms with Gasteiger partial charge in [0.15, 0.2) is 0 Å². The monoisotopic (exact) mass is 507 g/mol. The van der Waals surface area contributed by atoms with Crippen molar-refractivity contribution < 1.29 is 25.2 Å². The molecule has 3 aliphatic carbocycles. The lowest BCUT2D eigenvalue weighted by Crippen LogP contribution is -2.58. The first-order valence-corrected chi connectivity index (χ1v) is 14.9. The summed E-state index contributed by atoms with van der Waals surface area (Å²) in [6.07, 6.45) is 4.59. The van der Waals surface area contributed by atoms with Gasteiger partial charge >= 0.3 is 0 Å². The van der Waals surface area contributed by atoms with E-state index in [0.717, 1.165) is 38.5 Å². The predicted molar refractivity (Wildman–Crippen MR) is 141 cm³/mol. The average molecular weight is 508 g/mol. The first-order chi connectivity index (χ1) is 16.9. The van der Waals surface area contributed by atoms with Gasteiger partial charge in [0, 0.05) is 12.5 Å². The fourth-order valence-electron chi connectivity index (χ4n) is 10.1. The highest BCUT2D eigenvalue weighted by Crippen LogP contribution is 2.67. The van der Waals surface area contributed by atoms with E-state index in [0.29, 0.717) is 42.9 Å². The van der Waals surface area contributed by atoms with Crippen molar-refractivity contribution >= 4 is 5.91 Å². The fraction of sp³-hybridized carbons (Fsp3) is 0.967. The van der Waals surface area contributed by atoms with Gasteiger partial charge in [0.25, 0.3) is 0 Å². The maximum absolute atomic E-state index is 13.2. The van der Waals surface area contributed by atoms with Gasteiger partial charge in [-0.1, -0.05) is 48.0 Å². The molecule has 1 aliphatic heterocycles. The minimum Gasteiger partial charge on any atom is -0.390 e. The van der Waals surface area contributed by atoms with Gasteiger partial charge in [0.2, 0.25) is 5.91 Å². The first-order valence-electron chi connectivity index (χ1n) is 14.9. The van der Waals surface area contributed by atoms with Crippen LogP contribution in [0.15, 0.2) is 0 Å². The van der Waals surface area contributed by atoms with E-state index < -0.39 is 24.4 Å². The number of amides is 1. The number of hydrogen-bond acceptors (Lipinski definition) is 5. The Morgan fingerprint density at radius 2 is 1.69 bits per heavy atom. The van der Waals surface area contributed by atoms with Gasteiger partial charge in [0.05, 0.1) is 24.4 Å². The molecular weight excluding hydrogens is 454 g/mol. The molecule has 1 saturated heterocycles. The number of carbonyl (C=O) groups is 1. The molecule has 1 heterocycles. The van der Waals surface area contributed by atoms with Crippen LogP contribution in [0.2, 0.25) is 0 Å². The van der Waals surface area contributed by atoms with Crippen LogP contribution < -0.4 is 5.32 Å². The summed E-state index contributed by atoms with van der Waals surface area (Å²) in [7, 11) is 0. The summed E-state index contributed by atoms with van der Waals surface area (Å²) < 4.78 is 0. The highest BCUT2D eigenvalue weighted by Gasteiger charge is 2.63. The second-order valence-electron chi connectivity index (χ2n) is 13.7. The van der Waals surface area contributed by atoms with Crippen LogP contribution in [0.25, 0.3) is 0 Å². The molecule has 5 N–H and O–H groups in total. The molecular formula is C30H53NO5. The number of carbonyl (C=O) groups excluding carboxylic acids is 1. The maximum Gasteiger partial charge on any atom is 0.220 e. The Kier molecular flexibility index (Phi) is 8.23. The zero-order chi connectivity index (χ0) is 26.6. The Bertz CT molecular complexity index is 789. The smallest absolute Gasteiger partial charge is 0.220 e. The molecule has 4 unspecified atom stereocenters. The molecule has 4 fully saturated rings. The van der Waals surface area contributed by atoms with Gasteiger partial charge in [-0.15, -0.1) is 0 Å². The highest BCUT2D eigenvalue weighted by atomic mass is 16.3. The molecule has 0 aromatic heterocycles. The van der Waals surface area contributed by atoms with Crippen molar-refractivity contribution in [3.63, 3.8) is 0 Å². The molecule has 36 heavy (non-hydrogen) atoms. The van der Waals surface area contributed by atoms with Gasteiger partial charge < -0.3 is 25.7 Å². The van der Waals surface area contributed by atoms with Crippen LogP contribution in [0.1, 0.15) is 99.3 Å². The molecule has 0 aromatic carbocycles. The standard InChI is InChI=1S/C30H53NO5/c1-7-18(16(3)4)28(36)27(35)17(5)20-9-10-22-19-13-26(34)31-25-14-23(32)24(33)15-29(25,6)21(19)11-12-30(20,22)8-2/h16-25,27-28,32-33,35-36H,7-15H2,1-6H3,(H,31,34)/t17-,18-,19?,20+,21?,22?,23-,24+,25?,27-,28-,29+,30+/m0/s1. The van der Waals surface area contributed by atoms with E-state index in [1.807, 2.05) is 0 Å². The van der Waals surface area contributed by atoms with Crippen molar-refractivity contribution in [3.8, 4) is 0 Å². The van der Waals surface area contributed by atoms with Gasteiger partial charge in [0.1, 0.15) is 0 Å². The van der Waals surface area contributed by atoms with Gasteiger partial charge in [-0.2, -0.15) is 0 Å². The van der Waals surface area contributed by atoms with Crippen molar-refractivity contribution in [1.29, 1.82) is 0 Å². The Morgan fingerprint density at radius 1 is 1.00 bits per heavy atom. The summed E-state index contributed by atoms with van der Waals surface area (Å²) in [6, 6.07) is -0.0948. The van der Waals surface area contributed by atoms with Crippen LogP contribution in [0.3, 0.4) is 0 Å². The first kappa shape index (κ1) is 28.3. The summed E-state index contributed by atoms with van der Waals surface area (Å²) in [6.45, 7) is 13.0. The van der Waals surface area contributed by atoms with Gasteiger partial charge in [-0.25, -0.2) is 0 Å². The Balaban J connectivity index is 1.61. The lowest BCUT2D eigenvalue weighted by Gasteiger charge is -2.57. The Labute approximate surface area is 218 Å². The molecule has 6 nitrogen and oxygen atoms in total. The molecule has 0 radical (unpaired) electrons. The lowest BCUT2D eigenvalue weighted by molar-refractivity contribution is -0.127. The van der Waals surface area contributed by atoms with E-state index in [-0.39, 0.29) is 40.5 Å². The molecule has 1 amide bonds. The van der Waals surface area contributed by atoms with Crippen molar-refractivity contribution in [3.05, 3.63) is 0 Å². The molecule has 6 heteroatoms. The van der Waals surface area contributed by atoms with Crippen LogP contribution in [-0.4, -0.2) is 56.8 Å². The van der Waals surface area contributed by atoms with Crippen LogP contribution in [0.4, 0.5) is 0 Å². The van der Waals surface area contributed by atoms with Crippen LogP contribution >= 0.6 is 0 Å². The second kappa shape index (κ2) is 10.5. The maximum atomic E-state index is 13.2. The minimum atomic E-state index is -0.777. The van der Waals surface area contributed by atoms with Crippen LogP contribution in [0, 0.1) is 52.3 Å². The summed E-state index contributed by atoms with van der Waals surface area (Å²) in [5.74, 6) is 1.84. The van der Waals surface area contributed by atoms with E-state index >= 15 is 0 Å². The normalized spacial score (nSPS) is 46.1. The zero-order valence-corrected chi connectivity index (χ0v) is 23.5. The fourth-order valence-corrected chi connectivity index (χ4v) is 10.1. The second-order valence-corrected chi connectivity index (χ2v) is 13.7. The number of fused-ring (bicyclic) bond motifs is 5. The summed E-state index contributed by atoms with van der Waals surface area (Å²) in [5, 5.41) is 46.8. The molecule has 0 bridgehead atoms. The zero-order valence-electron chi connectivity index (χ0n) is 23.5. The van der Waals surface area contributed by atoms with E-state index in [4.69, 9.17) is 0 Å². The van der Waals surface area contributed by atoms with E-state index in [2.05, 4.69) is 46.9 Å².